The molecule has 5 nitrogen and oxygen atoms in total. The van der Waals surface area contributed by atoms with Gasteiger partial charge in [0.1, 0.15) is 11.6 Å². The molecule has 1 N–H and O–H groups in total. The van der Waals surface area contributed by atoms with E-state index in [0.717, 1.165) is 21.3 Å². The molecular formula is C18H12N4OS. The van der Waals surface area contributed by atoms with E-state index in [1.165, 1.54) is 11.3 Å². The van der Waals surface area contributed by atoms with E-state index >= 15 is 0 Å². The zero-order chi connectivity index (χ0) is 16.7. The van der Waals surface area contributed by atoms with E-state index in [1.54, 1.807) is 4.57 Å². The van der Waals surface area contributed by atoms with Gasteiger partial charge in [-0.1, -0.05) is 24.3 Å². The maximum Gasteiger partial charge on any atom is 0.173 e. The van der Waals surface area contributed by atoms with Gasteiger partial charge >= 0.3 is 0 Å². The highest BCUT2D eigenvalue weighted by atomic mass is 32.1. The van der Waals surface area contributed by atoms with Crippen molar-refractivity contribution in [2.75, 3.05) is 0 Å². The second-order valence-corrected chi connectivity index (χ2v) is 6.34. The quantitative estimate of drug-likeness (QED) is 0.442. The number of thiazole rings is 1. The normalized spacial score (nSPS) is 12.3. The van der Waals surface area contributed by atoms with Gasteiger partial charge in [-0.15, -0.1) is 11.3 Å². The van der Waals surface area contributed by atoms with Crippen LogP contribution in [0.25, 0.3) is 32.6 Å². The van der Waals surface area contributed by atoms with Crippen LogP contribution < -0.4 is 0 Å². The van der Waals surface area contributed by atoms with Crippen LogP contribution in [0.5, 0.6) is 0 Å². The Morgan fingerprint density at radius 3 is 2.50 bits per heavy atom. The molecule has 24 heavy (non-hydrogen) atoms. The molecule has 116 valence electrons. The van der Waals surface area contributed by atoms with Gasteiger partial charge in [0.2, 0.25) is 0 Å². The lowest BCUT2D eigenvalue weighted by molar-refractivity contribution is 0.513. The number of rotatable bonds is 2. The fraction of sp³-hybridized carbons (Fsp3) is 0.0556. The third-order valence-corrected chi connectivity index (χ3v) is 4.90. The monoisotopic (exact) mass is 332 g/mol. The number of aliphatic hydroxyl groups is 1. The number of para-hydroxylation sites is 3. The first-order valence-electron chi connectivity index (χ1n) is 7.30. The van der Waals surface area contributed by atoms with E-state index in [1.807, 2.05) is 55.6 Å². The van der Waals surface area contributed by atoms with Gasteiger partial charge in [-0.25, -0.2) is 9.97 Å². The molecule has 0 aliphatic rings. The maximum absolute atomic E-state index is 10.6. The number of aryl methyl sites for hydroxylation is 1. The van der Waals surface area contributed by atoms with Gasteiger partial charge in [-0.3, -0.25) is 0 Å². The number of aromatic nitrogens is 3. The number of nitriles is 1. The van der Waals surface area contributed by atoms with Crippen molar-refractivity contribution in [1.82, 2.24) is 14.5 Å². The first-order valence-corrected chi connectivity index (χ1v) is 8.12. The zero-order valence-corrected chi connectivity index (χ0v) is 13.6. The largest absolute Gasteiger partial charge is 0.504 e. The van der Waals surface area contributed by atoms with Crippen molar-refractivity contribution in [3.8, 4) is 6.07 Å². The van der Waals surface area contributed by atoms with Crippen LogP contribution in [-0.4, -0.2) is 19.6 Å². The van der Waals surface area contributed by atoms with E-state index in [2.05, 4.69) is 16.0 Å². The minimum absolute atomic E-state index is 0.118. The van der Waals surface area contributed by atoms with Crippen LogP contribution >= 0.6 is 11.3 Å². The molecule has 0 atom stereocenters. The van der Waals surface area contributed by atoms with Crippen molar-refractivity contribution < 1.29 is 5.11 Å². The van der Waals surface area contributed by atoms with Crippen LogP contribution in [0.1, 0.15) is 10.8 Å². The second kappa shape index (κ2) is 5.48. The Hall–Kier alpha value is -3.17. The number of hydrogen-bond acceptors (Lipinski definition) is 5. The van der Waals surface area contributed by atoms with Gasteiger partial charge in [0.25, 0.3) is 0 Å². The van der Waals surface area contributed by atoms with Gasteiger partial charge < -0.3 is 9.67 Å². The first kappa shape index (κ1) is 14.4. The summed E-state index contributed by atoms with van der Waals surface area (Å²) in [5.74, 6) is 0.285. The number of benzene rings is 2. The van der Waals surface area contributed by atoms with Crippen LogP contribution in [-0.2, 0) is 7.05 Å². The molecule has 0 aliphatic carbocycles. The van der Waals surface area contributed by atoms with Crippen LogP contribution in [0.2, 0.25) is 0 Å². The highest BCUT2D eigenvalue weighted by Gasteiger charge is 2.19. The summed E-state index contributed by atoms with van der Waals surface area (Å²) in [4.78, 5) is 8.90. The van der Waals surface area contributed by atoms with Crippen molar-refractivity contribution >= 4 is 43.9 Å². The van der Waals surface area contributed by atoms with Crippen LogP contribution in [0.4, 0.5) is 0 Å². The predicted molar refractivity (Wildman–Crippen MR) is 95.4 cm³/mol. The fourth-order valence-corrected chi connectivity index (χ4v) is 3.57. The fourth-order valence-electron chi connectivity index (χ4n) is 2.66. The smallest absolute Gasteiger partial charge is 0.173 e. The van der Waals surface area contributed by atoms with Crippen LogP contribution in [0, 0.1) is 11.3 Å². The molecule has 4 aromatic rings. The molecule has 2 aromatic heterocycles. The summed E-state index contributed by atoms with van der Waals surface area (Å²) in [7, 11) is 1.83. The Morgan fingerprint density at radius 1 is 1.08 bits per heavy atom. The Labute approximate surface area is 141 Å². The summed E-state index contributed by atoms with van der Waals surface area (Å²) >= 11 is 1.35. The first-order chi connectivity index (χ1) is 11.7. The molecule has 0 radical (unpaired) electrons. The lowest BCUT2D eigenvalue weighted by atomic mass is 10.2. The Balaban J connectivity index is 1.94. The Morgan fingerprint density at radius 2 is 1.79 bits per heavy atom. The summed E-state index contributed by atoms with van der Waals surface area (Å²) in [6.07, 6.45) is 0. The van der Waals surface area contributed by atoms with Crippen LogP contribution in [0.3, 0.4) is 0 Å². The van der Waals surface area contributed by atoms with Gasteiger partial charge in [-0.2, -0.15) is 5.26 Å². The predicted octanol–water partition coefficient (Wildman–Crippen LogP) is 4.13. The molecule has 0 spiro atoms. The maximum atomic E-state index is 10.6. The van der Waals surface area contributed by atoms with Crippen molar-refractivity contribution in [1.29, 1.82) is 5.26 Å². The third-order valence-electron chi connectivity index (χ3n) is 3.86. The number of nitrogens with zero attached hydrogens (tertiary/aromatic N) is 4. The minimum Gasteiger partial charge on any atom is -0.504 e. The molecule has 0 amide bonds. The average molecular weight is 332 g/mol. The average Bonchev–Trinajstić information content (AvgIpc) is 3.18. The van der Waals surface area contributed by atoms with Crippen molar-refractivity contribution in [3.63, 3.8) is 0 Å². The number of aliphatic hydroxyl groups excluding tert-OH is 1. The van der Waals surface area contributed by atoms with E-state index in [0.29, 0.717) is 10.8 Å². The molecular weight excluding hydrogens is 320 g/mol. The topological polar surface area (TPSA) is 74.7 Å². The minimum atomic E-state index is -0.142. The molecule has 0 aliphatic heterocycles. The third kappa shape index (κ3) is 2.14. The molecule has 2 heterocycles. The standard InChI is InChI=1S/C18H12N4OS/c1-22-14-8-4-2-6-12(14)20-17(22)11(10-19)16(23)18-21-13-7-3-5-9-15(13)24-18/h2-9,23H,1H3/b16-11-. The highest BCUT2D eigenvalue weighted by Crippen LogP contribution is 2.31. The molecule has 0 saturated carbocycles. The number of fused-ring (bicyclic) bond motifs is 2. The lowest BCUT2D eigenvalue weighted by Gasteiger charge is -2.02. The summed E-state index contributed by atoms with van der Waals surface area (Å²) in [5, 5.41) is 20.6. The van der Waals surface area contributed by atoms with Crippen molar-refractivity contribution in [2.24, 2.45) is 7.05 Å². The summed E-state index contributed by atoms with van der Waals surface area (Å²) in [6.45, 7) is 0. The highest BCUT2D eigenvalue weighted by molar-refractivity contribution is 7.19. The number of allylic oxidation sites excluding steroid dienone is 1. The zero-order valence-electron chi connectivity index (χ0n) is 12.8. The van der Waals surface area contributed by atoms with Gasteiger partial charge in [0, 0.05) is 7.05 Å². The summed E-state index contributed by atoms with van der Waals surface area (Å²) in [6, 6.07) is 17.3. The van der Waals surface area contributed by atoms with Crippen molar-refractivity contribution in [3.05, 3.63) is 59.4 Å². The Bertz CT molecular complexity index is 1110. The van der Waals surface area contributed by atoms with E-state index in [9.17, 15) is 10.4 Å². The van der Waals surface area contributed by atoms with Gasteiger partial charge in [-0.05, 0) is 24.3 Å². The van der Waals surface area contributed by atoms with E-state index in [4.69, 9.17) is 0 Å². The van der Waals surface area contributed by atoms with E-state index in [-0.39, 0.29) is 11.3 Å². The molecule has 0 unspecified atom stereocenters. The molecule has 6 heteroatoms. The van der Waals surface area contributed by atoms with Gasteiger partial charge in [0.15, 0.2) is 16.6 Å². The lowest BCUT2D eigenvalue weighted by Crippen LogP contribution is -1.99. The summed E-state index contributed by atoms with van der Waals surface area (Å²) < 4.78 is 2.76. The van der Waals surface area contributed by atoms with Crippen molar-refractivity contribution in [2.45, 2.75) is 0 Å². The second-order valence-electron chi connectivity index (χ2n) is 5.31. The SMILES string of the molecule is Cn1c(/C(C#N)=C(\O)c2nc3ccccc3s2)nc2ccccc21. The molecule has 2 aromatic carbocycles. The molecule has 0 saturated heterocycles. The summed E-state index contributed by atoms with van der Waals surface area (Å²) in [5.41, 5.74) is 2.59. The van der Waals surface area contributed by atoms with E-state index < -0.39 is 0 Å². The Kier molecular flexibility index (Phi) is 3.29. The number of hydrogen-bond donors (Lipinski definition) is 1. The van der Waals surface area contributed by atoms with Gasteiger partial charge in [0.05, 0.1) is 21.3 Å². The number of imidazole rings is 1. The molecule has 0 fully saturated rings. The molecule has 4 rings (SSSR count). The van der Waals surface area contributed by atoms with Crippen LogP contribution in [0.15, 0.2) is 48.5 Å². The molecule has 0 bridgehead atoms.